The molecule has 1 heterocycles. The SMILES string of the molecule is COc1ccc(CNCCc2ccn(C)n2)c(Cl)c1OC. The van der Waals surface area contributed by atoms with Gasteiger partial charge in [0, 0.05) is 32.8 Å². The van der Waals surface area contributed by atoms with Gasteiger partial charge in [0.1, 0.15) is 0 Å². The number of benzene rings is 1. The van der Waals surface area contributed by atoms with Crippen LogP contribution in [0, 0.1) is 0 Å². The van der Waals surface area contributed by atoms with Crippen molar-refractivity contribution >= 4 is 11.6 Å². The Morgan fingerprint density at radius 3 is 2.67 bits per heavy atom. The summed E-state index contributed by atoms with van der Waals surface area (Å²) >= 11 is 6.33. The van der Waals surface area contributed by atoms with E-state index >= 15 is 0 Å². The molecule has 0 aliphatic carbocycles. The summed E-state index contributed by atoms with van der Waals surface area (Å²) in [5, 5.41) is 8.28. The second-order valence-corrected chi connectivity index (χ2v) is 5.06. The van der Waals surface area contributed by atoms with E-state index in [1.807, 2.05) is 31.4 Å². The quantitative estimate of drug-likeness (QED) is 0.798. The maximum atomic E-state index is 6.33. The van der Waals surface area contributed by atoms with Crippen LogP contribution in [0.3, 0.4) is 0 Å². The van der Waals surface area contributed by atoms with E-state index in [2.05, 4.69) is 10.4 Å². The Hall–Kier alpha value is -1.72. The highest BCUT2D eigenvalue weighted by atomic mass is 35.5. The van der Waals surface area contributed by atoms with Crippen LogP contribution in [0.4, 0.5) is 0 Å². The first-order valence-electron chi connectivity index (χ1n) is 6.74. The van der Waals surface area contributed by atoms with Crippen molar-refractivity contribution in [3.8, 4) is 11.5 Å². The lowest BCUT2D eigenvalue weighted by Crippen LogP contribution is -2.17. The molecule has 1 aromatic heterocycles. The van der Waals surface area contributed by atoms with Crippen LogP contribution in [-0.4, -0.2) is 30.5 Å². The van der Waals surface area contributed by atoms with E-state index < -0.39 is 0 Å². The number of halogens is 1. The number of hydrogen-bond acceptors (Lipinski definition) is 4. The predicted molar refractivity (Wildman–Crippen MR) is 83.2 cm³/mol. The number of hydrogen-bond donors (Lipinski definition) is 1. The summed E-state index contributed by atoms with van der Waals surface area (Å²) in [6.07, 6.45) is 2.83. The lowest BCUT2D eigenvalue weighted by Gasteiger charge is -2.13. The fraction of sp³-hybridized carbons (Fsp3) is 0.400. The average molecular weight is 310 g/mol. The Labute approximate surface area is 129 Å². The highest BCUT2D eigenvalue weighted by Gasteiger charge is 2.12. The first-order chi connectivity index (χ1) is 10.2. The third kappa shape index (κ3) is 3.89. The zero-order chi connectivity index (χ0) is 15.2. The van der Waals surface area contributed by atoms with E-state index in [1.165, 1.54) is 0 Å². The van der Waals surface area contributed by atoms with Gasteiger partial charge in [-0.25, -0.2) is 0 Å². The molecule has 0 aliphatic rings. The van der Waals surface area contributed by atoms with Gasteiger partial charge >= 0.3 is 0 Å². The van der Waals surface area contributed by atoms with Crippen molar-refractivity contribution < 1.29 is 9.47 Å². The highest BCUT2D eigenvalue weighted by Crippen LogP contribution is 2.37. The van der Waals surface area contributed by atoms with Crippen LogP contribution in [0.1, 0.15) is 11.3 Å². The van der Waals surface area contributed by atoms with E-state index in [4.69, 9.17) is 21.1 Å². The van der Waals surface area contributed by atoms with E-state index in [0.29, 0.717) is 23.1 Å². The summed E-state index contributed by atoms with van der Waals surface area (Å²) in [6, 6.07) is 5.82. The minimum absolute atomic E-state index is 0.572. The van der Waals surface area contributed by atoms with Crippen molar-refractivity contribution in [2.45, 2.75) is 13.0 Å². The van der Waals surface area contributed by atoms with Gasteiger partial charge in [0.2, 0.25) is 0 Å². The third-order valence-electron chi connectivity index (χ3n) is 3.21. The lowest BCUT2D eigenvalue weighted by molar-refractivity contribution is 0.354. The molecule has 114 valence electrons. The van der Waals surface area contributed by atoms with Gasteiger partial charge in [-0.3, -0.25) is 4.68 Å². The Morgan fingerprint density at radius 1 is 1.24 bits per heavy atom. The van der Waals surface area contributed by atoms with Crippen molar-refractivity contribution in [2.75, 3.05) is 20.8 Å². The normalized spacial score (nSPS) is 10.7. The molecule has 2 aromatic rings. The molecule has 0 spiro atoms. The molecule has 21 heavy (non-hydrogen) atoms. The zero-order valence-electron chi connectivity index (χ0n) is 12.5. The zero-order valence-corrected chi connectivity index (χ0v) is 13.3. The molecule has 0 saturated carbocycles. The molecule has 0 atom stereocenters. The molecule has 0 unspecified atom stereocenters. The summed E-state index contributed by atoms with van der Waals surface area (Å²) in [5.41, 5.74) is 2.05. The van der Waals surface area contributed by atoms with Crippen LogP contribution >= 0.6 is 11.6 Å². The van der Waals surface area contributed by atoms with Gasteiger partial charge < -0.3 is 14.8 Å². The number of ether oxygens (including phenoxy) is 2. The molecule has 0 aliphatic heterocycles. The Morgan fingerprint density at radius 2 is 2.05 bits per heavy atom. The smallest absolute Gasteiger partial charge is 0.179 e. The third-order valence-corrected chi connectivity index (χ3v) is 3.62. The van der Waals surface area contributed by atoms with Crippen LogP contribution in [0.5, 0.6) is 11.5 Å². The van der Waals surface area contributed by atoms with E-state index in [-0.39, 0.29) is 0 Å². The maximum Gasteiger partial charge on any atom is 0.179 e. The van der Waals surface area contributed by atoms with Crippen LogP contribution in [-0.2, 0) is 20.0 Å². The fourth-order valence-electron chi connectivity index (χ4n) is 2.10. The second kappa shape index (κ2) is 7.33. The molecule has 0 fully saturated rings. The fourth-order valence-corrected chi connectivity index (χ4v) is 2.40. The van der Waals surface area contributed by atoms with Crippen molar-refractivity contribution in [2.24, 2.45) is 7.05 Å². The Bertz CT molecular complexity index is 599. The van der Waals surface area contributed by atoms with Crippen molar-refractivity contribution in [1.82, 2.24) is 15.1 Å². The van der Waals surface area contributed by atoms with Crippen molar-refractivity contribution in [3.05, 3.63) is 40.7 Å². The number of aryl methyl sites for hydroxylation is 1. The van der Waals surface area contributed by atoms with E-state index in [1.54, 1.807) is 18.9 Å². The predicted octanol–water partition coefficient (Wildman–Crippen LogP) is 2.42. The van der Waals surface area contributed by atoms with Crippen LogP contribution in [0.2, 0.25) is 5.02 Å². The molecule has 0 amide bonds. The average Bonchev–Trinajstić information content (AvgIpc) is 2.90. The van der Waals surface area contributed by atoms with Crippen molar-refractivity contribution in [1.29, 1.82) is 0 Å². The largest absolute Gasteiger partial charge is 0.493 e. The number of aromatic nitrogens is 2. The number of rotatable bonds is 7. The van der Waals surface area contributed by atoms with Gasteiger partial charge in [-0.15, -0.1) is 0 Å². The summed E-state index contributed by atoms with van der Waals surface area (Å²) in [6.45, 7) is 1.51. The number of nitrogens with one attached hydrogen (secondary N) is 1. The first kappa shape index (κ1) is 15.7. The van der Waals surface area contributed by atoms with Gasteiger partial charge in [-0.2, -0.15) is 5.10 Å². The molecule has 0 saturated heterocycles. The van der Waals surface area contributed by atoms with Crippen molar-refractivity contribution in [3.63, 3.8) is 0 Å². The van der Waals surface area contributed by atoms with Gasteiger partial charge in [-0.05, 0) is 17.7 Å². The topological polar surface area (TPSA) is 48.3 Å². The van der Waals surface area contributed by atoms with Crippen LogP contribution in [0.25, 0.3) is 0 Å². The summed E-state index contributed by atoms with van der Waals surface area (Å²) < 4.78 is 12.3. The monoisotopic (exact) mass is 309 g/mol. The van der Waals surface area contributed by atoms with Gasteiger partial charge in [0.05, 0.1) is 24.9 Å². The first-order valence-corrected chi connectivity index (χ1v) is 7.12. The van der Waals surface area contributed by atoms with E-state index in [0.717, 1.165) is 24.2 Å². The number of nitrogens with zero attached hydrogens (tertiary/aromatic N) is 2. The minimum atomic E-state index is 0.572. The Kier molecular flexibility index (Phi) is 5.47. The van der Waals surface area contributed by atoms with Gasteiger partial charge in [0.25, 0.3) is 0 Å². The molecule has 2 rings (SSSR count). The molecule has 1 N–H and O–H groups in total. The highest BCUT2D eigenvalue weighted by molar-refractivity contribution is 6.33. The molecular weight excluding hydrogens is 290 g/mol. The van der Waals surface area contributed by atoms with Crippen LogP contribution in [0.15, 0.2) is 24.4 Å². The molecule has 5 nitrogen and oxygen atoms in total. The number of methoxy groups -OCH3 is 2. The van der Waals surface area contributed by atoms with E-state index in [9.17, 15) is 0 Å². The Balaban J connectivity index is 1.91. The van der Waals surface area contributed by atoms with Crippen LogP contribution < -0.4 is 14.8 Å². The lowest BCUT2D eigenvalue weighted by atomic mass is 10.2. The standard InChI is InChI=1S/C15H20ClN3O2/c1-19-9-7-12(18-19)6-8-17-10-11-4-5-13(20-2)15(21-3)14(11)16/h4-5,7,9,17H,6,8,10H2,1-3H3. The molecule has 0 radical (unpaired) electrons. The second-order valence-electron chi connectivity index (χ2n) is 4.68. The van der Waals surface area contributed by atoms with Gasteiger partial charge in [-0.1, -0.05) is 17.7 Å². The molecule has 1 aromatic carbocycles. The summed E-state index contributed by atoms with van der Waals surface area (Å²) in [7, 11) is 5.10. The molecule has 0 bridgehead atoms. The summed E-state index contributed by atoms with van der Waals surface area (Å²) in [4.78, 5) is 0. The molecule has 6 heteroatoms. The summed E-state index contributed by atoms with van der Waals surface area (Å²) in [5.74, 6) is 1.21. The molecular formula is C15H20ClN3O2. The maximum absolute atomic E-state index is 6.33. The van der Waals surface area contributed by atoms with Gasteiger partial charge in [0.15, 0.2) is 11.5 Å². The minimum Gasteiger partial charge on any atom is -0.493 e.